The van der Waals surface area contributed by atoms with Crippen molar-refractivity contribution < 1.29 is 28.9 Å². The number of phenolic OH excluding ortho intramolecular Hbond substituents is 1. The molecule has 0 aliphatic carbocycles. The maximum atomic E-state index is 13.1. The number of aliphatic hydroxyl groups excluding tert-OH is 2. The molecule has 1 aromatic carbocycles. The third-order valence-electron chi connectivity index (χ3n) is 2.46. The second-order valence-electron chi connectivity index (χ2n) is 3.97. The van der Waals surface area contributed by atoms with Crippen molar-refractivity contribution in [1.82, 2.24) is 0 Å². The molecule has 0 heterocycles. The van der Waals surface area contributed by atoms with Crippen LogP contribution in [0.2, 0.25) is 0 Å². The van der Waals surface area contributed by atoms with Gasteiger partial charge in [-0.3, -0.25) is 4.79 Å². The molecule has 2 atom stereocenters. The average molecular weight is 292 g/mol. The van der Waals surface area contributed by atoms with E-state index in [-0.39, 0.29) is 22.9 Å². The summed E-state index contributed by atoms with van der Waals surface area (Å²) in [6.07, 6.45) is -2.65. The van der Waals surface area contributed by atoms with Gasteiger partial charge in [-0.1, -0.05) is 11.8 Å². The molecule has 1 rings (SSSR count). The number of carbonyl (C=O) groups excluding carboxylic acids is 1. The third kappa shape index (κ3) is 4.45. The molecule has 0 radical (unpaired) electrons. The first kappa shape index (κ1) is 15.9. The molecule has 7 heteroatoms. The van der Waals surface area contributed by atoms with Gasteiger partial charge in [0.2, 0.25) is 0 Å². The van der Waals surface area contributed by atoms with Crippen LogP contribution in [-0.2, 0) is 4.79 Å². The Balaban J connectivity index is 2.71. The Morgan fingerprint density at radius 1 is 1.32 bits per heavy atom. The number of aromatic hydroxyl groups is 1. The maximum absolute atomic E-state index is 13.1. The molecule has 4 nitrogen and oxygen atoms in total. The van der Waals surface area contributed by atoms with Crippen LogP contribution >= 0.6 is 11.8 Å². The summed E-state index contributed by atoms with van der Waals surface area (Å²) >= 11 is 0.983. The summed E-state index contributed by atoms with van der Waals surface area (Å²) in [6, 6.07) is 1.51. The quantitative estimate of drug-likeness (QED) is 0.770. The zero-order valence-corrected chi connectivity index (χ0v) is 11.0. The van der Waals surface area contributed by atoms with Crippen LogP contribution < -0.4 is 0 Å². The number of carbonyl (C=O) groups is 1. The molecule has 0 aliphatic heterocycles. The zero-order valence-electron chi connectivity index (χ0n) is 10.1. The normalized spacial score (nSPS) is 14.2. The summed E-state index contributed by atoms with van der Waals surface area (Å²) in [5, 5.41) is 28.2. The number of benzene rings is 1. The van der Waals surface area contributed by atoms with Crippen molar-refractivity contribution in [3.63, 3.8) is 0 Å². The van der Waals surface area contributed by atoms with Crippen LogP contribution in [0.1, 0.15) is 25.0 Å². The lowest BCUT2D eigenvalue weighted by Crippen LogP contribution is -2.19. The number of phenols is 1. The van der Waals surface area contributed by atoms with Crippen LogP contribution in [0.5, 0.6) is 5.75 Å². The molecule has 1 aromatic rings. The lowest BCUT2D eigenvalue weighted by atomic mass is 10.0. The molecule has 0 aliphatic rings. The summed E-state index contributed by atoms with van der Waals surface area (Å²) in [7, 11) is 0. The molecule has 106 valence electrons. The van der Waals surface area contributed by atoms with Crippen molar-refractivity contribution in [3.05, 3.63) is 29.3 Å². The highest BCUT2D eigenvalue weighted by Gasteiger charge is 2.21. The minimum Gasteiger partial charge on any atom is -0.503 e. The molecule has 0 spiro atoms. The van der Waals surface area contributed by atoms with E-state index in [2.05, 4.69) is 0 Å². The second kappa shape index (κ2) is 6.83. The SMILES string of the molecule is CC(=O)SCCC(O)C(O)c1cc(F)c(O)c(F)c1. The molecule has 0 amide bonds. The fourth-order valence-corrected chi connectivity index (χ4v) is 2.11. The van der Waals surface area contributed by atoms with E-state index in [1.165, 1.54) is 6.92 Å². The summed E-state index contributed by atoms with van der Waals surface area (Å²) < 4.78 is 26.2. The number of halogens is 2. The van der Waals surface area contributed by atoms with Crippen molar-refractivity contribution in [2.75, 3.05) is 5.75 Å². The Bertz CT molecular complexity index is 444. The Morgan fingerprint density at radius 2 is 1.84 bits per heavy atom. The van der Waals surface area contributed by atoms with Gasteiger partial charge in [0.15, 0.2) is 22.5 Å². The van der Waals surface area contributed by atoms with Crippen molar-refractivity contribution in [3.8, 4) is 5.75 Å². The molecule has 2 unspecified atom stereocenters. The van der Waals surface area contributed by atoms with E-state index in [9.17, 15) is 23.8 Å². The average Bonchev–Trinajstić information content (AvgIpc) is 2.33. The smallest absolute Gasteiger partial charge is 0.187 e. The third-order valence-corrected chi connectivity index (χ3v) is 3.31. The van der Waals surface area contributed by atoms with E-state index < -0.39 is 29.6 Å². The highest BCUT2D eigenvalue weighted by Crippen LogP contribution is 2.27. The van der Waals surface area contributed by atoms with Crippen LogP contribution in [0.3, 0.4) is 0 Å². The predicted octanol–water partition coefficient (Wildman–Crippen LogP) is 1.73. The molecule has 0 bridgehead atoms. The first-order valence-electron chi connectivity index (χ1n) is 5.50. The molecular formula is C12H14F2O4S. The highest BCUT2D eigenvalue weighted by molar-refractivity contribution is 8.13. The van der Waals surface area contributed by atoms with Crippen LogP contribution in [0.15, 0.2) is 12.1 Å². The largest absolute Gasteiger partial charge is 0.503 e. The van der Waals surface area contributed by atoms with E-state index in [0.717, 1.165) is 23.9 Å². The number of thioether (sulfide) groups is 1. The molecule has 0 aromatic heterocycles. The number of hydrogen-bond donors (Lipinski definition) is 3. The Labute approximate surface area is 113 Å². The fraction of sp³-hybridized carbons (Fsp3) is 0.417. The Kier molecular flexibility index (Phi) is 5.71. The van der Waals surface area contributed by atoms with E-state index in [1.807, 2.05) is 0 Å². The van der Waals surface area contributed by atoms with Crippen molar-refractivity contribution >= 4 is 16.9 Å². The maximum Gasteiger partial charge on any atom is 0.187 e. The van der Waals surface area contributed by atoms with Crippen molar-refractivity contribution in [1.29, 1.82) is 0 Å². The molecule has 0 saturated carbocycles. The number of aliphatic hydroxyl groups is 2. The van der Waals surface area contributed by atoms with Crippen molar-refractivity contribution in [2.45, 2.75) is 25.6 Å². The van der Waals surface area contributed by atoms with E-state index >= 15 is 0 Å². The van der Waals surface area contributed by atoms with Crippen LogP contribution in [0.25, 0.3) is 0 Å². The van der Waals surface area contributed by atoms with Gasteiger partial charge in [-0.2, -0.15) is 0 Å². The molecular weight excluding hydrogens is 278 g/mol. The zero-order chi connectivity index (χ0) is 14.6. The van der Waals surface area contributed by atoms with Crippen LogP contribution in [0.4, 0.5) is 8.78 Å². The van der Waals surface area contributed by atoms with Gasteiger partial charge in [0.05, 0.1) is 6.10 Å². The summed E-state index contributed by atoms with van der Waals surface area (Å²) in [5.74, 6) is -3.26. The van der Waals surface area contributed by atoms with Gasteiger partial charge in [-0.05, 0) is 24.1 Å². The van der Waals surface area contributed by atoms with E-state index in [4.69, 9.17) is 5.11 Å². The van der Waals surface area contributed by atoms with E-state index in [0.29, 0.717) is 0 Å². The summed E-state index contributed by atoms with van der Waals surface area (Å²) in [6.45, 7) is 1.37. The van der Waals surface area contributed by atoms with E-state index in [1.54, 1.807) is 0 Å². The summed E-state index contributed by atoms with van der Waals surface area (Å²) in [4.78, 5) is 10.7. The topological polar surface area (TPSA) is 77.8 Å². The number of hydrogen-bond acceptors (Lipinski definition) is 5. The number of rotatable bonds is 5. The Hall–Kier alpha value is -1.18. The second-order valence-corrected chi connectivity index (χ2v) is 5.25. The van der Waals surface area contributed by atoms with Gasteiger partial charge in [0, 0.05) is 12.7 Å². The predicted molar refractivity (Wildman–Crippen MR) is 66.7 cm³/mol. The first-order chi connectivity index (χ1) is 8.82. The molecule has 0 saturated heterocycles. The van der Waals surface area contributed by atoms with Crippen molar-refractivity contribution in [2.24, 2.45) is 0 Å². The lowest BCUT2D eigenvalue weighted by molar-refractivity contribution is -0.109. The molecule has 3 N–H and O–H groups in total. The Morgan fingerprint density at radius 3 is 2.32 bits per heavy atom. The first-order valence-corrected chi connectivity index (χ1v) is 6.49. The monoisotopic (exact) mass is 292 g/mol. The summed E-state index contributed by atoms with van der Waals surface area (Å²) in [5.41, 5.74) is -0.173. The fourth-order valence-electron chi connectivity index (χ4n) is 1.46. The van der Waals surface area contributed by atoms with Gasteiger partial charge < -0.3 is 15.3 Å². The minimum absolute atomic E-state index is 0.0928. The van der Waals surface area contributed by atoms with Gasteiger partial charge in [0.1, 0.15) is 6.10 Å². The molecule has 0 fully saturated rings. The van der Waals surface area contributed by atoms with Gasteiger partial charge >= 0.3 is 0 Å². The highest BCUT2D eigenvalue weighted by atomic mass is 32.2. The molecule has 19 heavy (non-hydrogen) atoms. The van der Waals surface area contributed by atoms with Crippen LogP contribution in [0, 0.1) is 11.6 Å². The standard InChI is InChI=1S/C12H14F2O4S/c1-6(15)19-3-2-10(16)11(17)7-4-8(13)12(18)9(14)5-7/h4-5,10-11,16-18H,2-3H2,1H3. The van der Waals surface area contributed by atoms with Gasteiger partial charge in [-0.25, -0.2) is 8.78 Å². The minimum atomic E-state index is -1.49. The lowest BCUT2D eigenvalue weighted by Gasteiger charge is -2.18. The van der Waals surface area contributed by atoms with Crippen LogP contribution in [-0.4, -0.2) is 32.3 Å². The van der Waals surface area contributed by atoms with Gasteiger partial charge in [0.25, 0.3) is 0 Å². The van der Waals surface area contributed by atoms with Gasteiger partial charge in [-0.15, -0.1) is 0 Å².